The van der Waals surface area contributed by atoms with Crippen LogP contribution in [0.25, 0.3) is 17.1 Å². The van der Waals surface area contributed by atoms with Crippen molar-refractivity contribution < 1.29 is 4.79 Å². The maximum atomic E-state index is 12.8. The average molecular weight is 458 g/mol. The number of halogens is 3. The van der Waals surface area contributed by atoms with Crippen molar-refractivity contribution in [1.82, 2.24) is 14.8 Å². The highest BCUT2D eigenvalue weighted by Gasteiger charge is 2.19. The van der Waals surface area contributed by atoms with E-state index in [1.54, 1.807) is 35.0 Å². The number of aromatic nitrogens is 3. The summed E-state index contributed by atoms with van der Waals surface area (Å²) in [6.07, 6.45) is 0. The summed E-state index contributed by atoms with van der Waals surface area (Å²) in [5.74, 6) is 0.0795. The van der Waals surface area contributed by atoms with E-state index in [2.05, 4.69) is 15.4 Å². The quantitative estimate of drug-likeness (QED) is 0.383. The predicted molar refractivity (Wildman–Crippen MR) is 121 cm³/mol. The van der Waals surface area contributed by atoms with Crippen molar-refractivity contribution in [2.45, 2.75) is 6.92 Å². The highest BCUT2D eigenvalue weighted by molar-refractivity contribution is 6.42. The van der Waals surface area contributed by atoms with Crippen molar-refractivity contribution in [2.75, 3.05) is 5.32 Å². The maximum absolute atomic E-state index is 12.8. The molecule has 0 saturated heterocycles. The molecule has 0 spiro atoms. The third-order valence-corrected chi connectivity index (χ3v) is 5.36. The summed E-state index contributed by atoms with van der Waals surface area (Å²) in [5.41, 5.74) is 3.17. The lowest BCUT2D eigenvalue weighted by Crippen LogP contribution is -2.14. The van der Waals surface area contributed by atoms with Crippen molar-refractivity contribution in [3.8, 4) is 17.1 Å². The number of nitrogens with one attached hydrogen (secondary N) is 1. The highest BCUT2D eigenvalue weighted by Crippen LogP contribution is 2.26. The lowest BCUT2D eigenvalue weighted by molar-refractivity contribution is 0.101. The number of carbonyl (C=O) groups is 1. The highest BCUT2D eigenvalue weighted by atomic mass is 35.5. The Morgan fingerprint density at radius 1 is 0.900 bits per heavy atom. The van der Waals surface area contributed by atoms with Crippen LogP contribution in [0.5, 0.6) is 0 Å². The molecule has 0 unspecified atom stereocenters. The molecule has 150 valence electrons. The zero-order chi connectivity index (χ0) is 21.3. The first kappa shape index (κ1) is 20.4. The molecule has 0 atom stereocenters. The molecule has 1 aromatic heterocycles. The summed E-state index contributed by atoms with van der Waals surface area (Å²) in [4.78, 5) is 17.3. The molecule has 4 rings (SSSR count). The zero-order valence-corrected chi connectivity index (χ0v) is 18.0. The minimum atomic E-state index is -0.463. The molecular formula is C22H15Cl3N4O. The van der Waals surface area contributed by atoms with Gasteiger partial charge in [0.25, 0.3) is 5.91 Å². The number of aryl methyl sites for hydroxylation is 1. The first-order valence-electron chi connectivity index (χ1n) is 8.97. The number of rotatable bonds is 4. The Balaban J connectivity index is 1.74. The molecule has 0 saturated carbocycles. The Morgan fingerprint density at radius 2 is 1.60 bits per heavy atom. The molecule has 0 fully saturated rings. The van der Waals surface area contributed by atoms with Gasteiger partial charge in [-0.25, -0.2) is 9.67 Å². The normalized spacial score (nSPS) is 10.8. The van der Waals surface area contributed by atoms with Crippen molar-refractivity contribution in [1.29, 1.82) is 0 Å². The van der Waals surface area contributed by atoms with Crippen LogP contribution in [0.1, 0.15) is 16.2 Å². The first-order valence-corrected chi connectivity index (χ1v) is 10.1. The van der Waals surface area contributed by atoms with E-state index >= 15 is 0 Å². The van der Waals surface area contributed by atoms with Crippen LogP contribution in [-0.4, -0.2) is 20.7 Å². The van der Waals surface area contributed by atoms with Gasteiger partial charge in [-0.3, -0.25) is 4.79 Å². The van der Waals surface area contributed by atoms with E-state index in [-0.39, 0.29) is 5.82 Å². The summed E-state index contributed by atoms with van der Waals surface area (Å²) < 4.78 is 1.63. The molecule has 1 N–H and O–H groups in total. The predicted octanol–water partition coefficient (Wildman–Crippen LogP) is 6.46. The number of anilines is 1. The third-order valence-electron chi connectivity index (χ3n) is 4.37. The van der Waals surface area contributed by atoms with E-state index in [0.29, 0.717) is 26.6 Å². The van der Waals surface area contributed by atoms with Crippen LogP contribution in [0.2, 0.25) is 15.1 Å². The van der Waals surface area contributed by atoms with Gasteiger partial charge in [-0.1, -0.05) is 52.5 Å². The minimum absolute atomic E-state index is 0.0200. The second-order valence-electron chi connectivity index (χ2n) is 6.60. The molecule has 0 aliphatic rings. The molecule has 5 nitrogen and oxygen atoms in total. The maximum Gasteiger partial charge on any atom is 0.295 e. The molecule has 0 bridgehead atoms. The number of hydrogen-bond acceptors (Lipinski definition) is 3. The smallest absolute Gasteiger partial charge is 0.295 e. The number of nitrogens with zero attached hydrogens (tertiary/aromatic N) is 3. The molecule has 1 amide bonds. The van der Waals surface area contributed by atoms with Crippen LogP contribution < -0.4 is 5.32 Å². The van der Waals surface area contributed by atoms with Gasteiger partial charge in [0.2, 0.25) is 5.82 Å². The molecule has 8 heteroatoms. The van der Waals surface area contributed by atoms with Gasteiger partial charge in [0.1, 0.15) is 0 Å². The van der Waals surface area contributed by atoms with Gasteiger partial charge in [0, 0.05) is 16.3 Å². The van der Waals surface area contributed by atoms with E-state index in [1.807, 2.05) is 43.3 Å². The summed E-state index contributed by atoms with van der Waals surface area (Å²) in [5, 5.41) is 8.55. The lowest BCUT2D eigenvalue weighted by atomic mass is 10.2. The van der Waals surface area contributed by atoms with E-state index in [1.165, 1.54) is 0 Å². The van der Waals surface area contributed by atoms with Gasteiger partial charge in [0.05, 0.1) is 15.7 Å². The van der Waals surface area contributed by atoms with Gasteiger partial charge in [-0.2, -0.15) is 0 Å². The molecular weight excluding hydrogens is 443 g/mol. The van der Waals surface area contributed by atoms with Gasteiger partial charge in [0.15, 0.2) is 5.82 Å². The van der Waals surface area contributed by atoms with Crippen molar-refractivity contribution in [2.24, 2.45) is 0 Å². The van der Waals surface area contributed by atoms with E-state index < -0.39 is 5.91 Å². The first-order chi connectivity index (χ1) is 14.4. The largest absolute Gasteiger partial charge is 0.319 e. The second-order valence-corrected chi connectivity index (χ2v) is 7.85. The van der Waals surface area contributed by atoms with Crippen LogP contribution >= 0.6 is 34.8 Å². The van der Waals surface area contributed by atoms with Gasteiger partial charge >= 0.3 is 0 Å². The molecule has 4 aromatic rings. The van der Waals surface area contributed by atoms with Crippen molar-refractivity contribution in [3.63, 3.8) is 0 Å². The Labute approximate surface area is 188 Å². The second kappa shape index (κ2) is 8.48. The fourth-order valence-electron chi connectivity index (χ4n) is 2.82. The molecule has 3 aromatic carbocycles. The molecule has 0 aliphatic carbocycles. The third kappa shape index (κ3) is 4.33. The van der Waals surface area contributed by atoms with E-state index in [9.17, 15) is 4.79 Å². The standard InChI is InChI=1S/C22H15Cl3N4O/c1-13-2-9-17(10-3-13)29-21(14-4-6-15(23)7-5-14)27-20(28-29)22(30)26-16-8-11-18(24)19(25)12-16/h2-12H,1H3,(H,26,30). The van der Waals surface area contributed by atoms with Crippen molar-refractivity contribution in [3.05, 3.63) is 93.2 Å². The monoisotopic (exact) mass is 456 g/mol. The zero-order valence-electron chi connectivity index (χ0n) is 15.7. The number of benzene rings is 3. The van der Waals surface area contributed by atoms with Gasteiger partial charge in [-0.05, 0) is 61.5 Å². The van der Waals surface area contributed by atoms with Crippen LogP contribution in [0.15, 0.2) is 66.7 Å². The summed E-state index contributed by atoms with van der Waals surface area (Å²) in [6.45, 7) is 2.00. The van der Waals surface area contributed by atoms with E-state index in [4.69, 9.17) is 34.8 Å². The molecule has 30 heavy (non-hydrogen) atoms. The fourth-order valence-corrected chi connectivity index (χ4v) is 3.25. The molecule has 0 radical (unpaired) electrons. The number of hydrogen-bond donors (Lipinski definition) is 1. The van der Waals surface area contributed by atoms with Crippen LogP contribution in [0, 0.1) is 6.92 Å². The van der Waals surface area contributed by atoms with Crippen LogP contribution in [-0.2, 0) is 0 Å². The lowest BCUT2D eigenvalue weighted by Gasteiger charge is -2.06. The fraction of sp³-hybridized carbons (Fsp3) is 0.0455. The SMILES string of the molecule is Cc1ccc(-n2nc(C(=O)Nc3ccc(Cl)c(Cl)c3)nc2-c2ccc(Cl)cc2)cc1. The average Bonchev–Trinajstić information content (AvgIpc) is 3.17. The Hall–Kier alpha value is -2.86. The number of carbonyl (C=O) groups excluding carboxylic acids is 1. The van der Waals surface area contributed by atoms with E-state index in [0.717, 1.165) is 16.8 Å². The molecule has 1 heterocycles. The van der Waals surface area contributed by atoms with Gasteiger partial charge in [-0.15, -0.1) is 5.10 Å². The van der Waals surface area contributed by atoms with Crippen LogP contribution in [0.3, 0.4) is 0 Å². The number of amides is 1. The topological polar surface area (TPSA) is 59.8 Å². The minimum Gasteiger partial charge on any atom is -0.319 e. The van der Waals surface area contributed by atoms with Crippen molar-refractivity contribution >= 4 is 46.4 Å². The summed E-state index contributed by atoms with van der Waals surface area (Å²) >= 11 is 18.0. The Bertz CT molecular complexity index is 1160. The Morgan fingerprint density at radius 3 is 2.27 bits per heavy atom. The Kier molecular flexibility index (Phi) is 5.77. The van der Waals surface area contributed by atoms with Crippen LogP contribution in [0.4, 0.5) is 5.69 Å². The summed E-state index contributed by atoms with van der Waals surface area (Å²) in [7, 11) is 0. The summed E-state index contributed by atoms with van der Waals surface area (Å²) in [6, 6.07) is 19.8. The van der Waals surface area contributed by atoms with Gasteiger partial charge < -0.3 is 5.32 Å². The molecule has 0 aliphatic heterocycles.